The SMILES string of the molecule is N#CC[C@H]1CNCCN1C#N. The van der Waals surface area contributed by atoms with Crippen LogP contribution in [0.1, 0.15) is 6.42 Å². The van der Waals surface area contributed by atoms with Gasteiger partial charge in [0.25, 0.3) is 0 Å². The van der Waals surface area contributed by atoms with Crippen LogP contribution in [0.3, 0.4) is 0 Å². The molecule has 1 fully saturated rings. The van der Waals surface area contributed by atoms with Gasteiger partial charge in [-0.2, -0.15) is 10.5 Å². The van der Waals surface area contributed by atoms with Crippen LogP contribution in [0.5, 0.6) is 0 Å². The fourth-order valence-electron chi connectivity index (χ4n) is 1.18. The molecule has 0 aromatic heterocycles. The maximum atomic E-state index is 8.63. The molecular weight excluding hydrogens is 140 g/mol. The van der Waals surface area contributed by atoms with Crippen molar-refractivity contribution in [3.05, 3.63) is 0 Å². The smallest absolute Gasteiger partial charge is 0.179 e. The molecule has 0 spiro atoms. The average Bonchev–Trinajstić information content (AvgIpc) is 2.06. The molecule has 0 aromatic carbocycles. The van der Waals surface area contributed by atoms with E-state index < -0.39 is 0 Å². The molecular formula is C7H10N4. The van der Waals surface area contributed by atoms with Gasteiger partial charge in [0.15, 0.2) is 6.19 Å². The van der Waals surface area contributed by atoms with Crippen molar-refractivity contribution in [3.63, 3.8) is 0 Å². The highest BCUT2D eigenvalue weighted by Crippen LogP contribution is 2.04. The molecule has 0 aromatic rings. The first-order valence-corrected chi connectivity index (χ1v) is 3.62. The summed E-state index contributed by atoms with van der Waals surface area (Å²) in [7, 11) is 0. The minimum absolute atomic E-state index is 0.0822. The zero-order valence-electron chi connectivity index (χ0n) is 6.25. The number of hydrogen-bond donors (Lipinski definition) is 1. The van der Waals surface area contributed by atoms with Gasteiger partial charge in [-0.25, -0.2) is 0 Å². The summed E-state index contributed by atoms with van der Waals surface area (Å²) in [6, 6.07) is 2.15. The first-order valence-electron chi connectivity index (χ1n) is 3.62. The highest BCUT2D eigenvalue weighted by atomic mass is 15.2. The second-order valence-corrected chi connectivity index (χ2v) is 2.51. The molecule has 58 valence electrons. The fourth-order valence-corrected chi connectivity index (χ4v) is 1.18. The summed E-state index contributed by atoms with van der Waals surface area (Å²) < 4.78 is 0. The van der Waals surface area contributed by atoms with Crippen molar-refractivity contribution in [3.8, 4) is 12.3 Å². The summed E-state index contributed by atoms with van der Waals surface area (Å²) in [6.45, 7) is 2.32. The number of nitrogens with zero attached hydrogens (tertiary/aromatic N) is 3. The van der Waals surface area contributed by atoms with E-state index in [2.05, 4.69) is 17.6 Å². The number of hydrogen-bond acceptors (Lipinski definition) is 4. The van der Waals surface area contributed by atoms with Gasteiger partial charge in [0.05, 0.1) is 18.5 Å². The minimum Gasteiger partial charge on any atom is -0.313 e. The molecule has 1 atom stereocenters. The molecule has 0 radical (unpaired) electrons. The monoisotopic (exact) mass is 150 g/mol. The largest absolute Gasteiger partial charge is 0.313 e. The Labute approximate surface area is 66.0 Å². The molecule has 1 aliphatic rings. The maximum Gasteiger partial charge on any atom is 0.179 e. The van der Waals surface area contributed by atoms with E-state index in [1.807, 2.05) is 0 Å². The van der Waals surface area contributed by atoms with Crippen LogP contribution in [0.4, 0.5) is 0 Å². The molecule has 1 aliphatic heterocycles. The Morgan fingerprint density at radius 1 is 1.55 bits per heavy atom. The number of nitriles is 2. The molecule has 0 unspecified atom stereocenters. The Balaban J connectivity index is 2.47. The van der Waals surface area contributed by atoms with Gasteiger partial charge >= 0.3 is 0 Å². The predicted molar refractivity (Wildman–Crippen MR) is 39.2 cm³/mol. The Morgan fingerprint density at radius 2 is 2.36 bits per heavy atom. The first kappa shape index (κ1) is 7.84. The molecule has 11 heavy (non-hydrogen) atoms. The van der Waals surface area contributed by atoms with E-state index in [9.17, 15) is 0 Å². The van der Waals surface area contributed by atoms with E-state index in [0.717, 1.165) is 19.6 Å². The summed E-state index contributed by atoms with van der Waals surface area (Å²) in [6.07, 6.45) is 2.51. The molecule has 1 N–H and O–H groups in total. The van der Waals surface area contributed by atoms with Crippen LogP contribution in [0, 0.1) is 22.8 Å². The Bertz CT molecular complexity index is 199. The molecule has 0 aliphatic carbocycles. The average molecular weight is 150 g/mol. The molecule has 1 rings (SSSR count). The van der Waals surface area contributed by atoms with Gasteiger partial charge in [-0.15, -0.1) is 0 Å². The van der Waals surface area contributed by atoms with Crippen molar-refractivity contribution in [2.45, 2.75) is 12.5 Å². The van der Waals surface area contributed by atoms with Gasteiger partial charge < -0.3 is 10.2 Å². The summed E-state index contributed by atoms with van der Waals surface area (Å²) in [4.78, 5) is 1.67. The second kappa shape index (κ2) is 3.80. The van der Waals surface area contributed by atoms with E-state index in [4.69, 9.17) is 10.5 Å². The lowest BCUT2D eigenvalue weighted by molar-refractivity contribution is 0.242. The van der Waals surface area contributed by atoms with Crippen LogP contribution in [-0.4, -0.2) is 30.6 Å². The van der Waals surface area contributed by atoms with Crippen molar-refractivity contribution in [2.24, 2.45) is 0 Å². The van der Waals surface area contributed by atoms with Gasteiger partial charge in [-0.05, 0) is 0 Å². The van der Waals surface area contributed by atoms with Crippen LogP contribution in [0.2, 0.25) is 0 Å². The van der Waals surface area contributed by atoms with Crippen molar-refractivity contribution < 1.29 is 0 Å². The summed E-state index contributed by atoms with van der Waals surface area (Å²) in [5.74, 6) is 0. The Hall–Kier alpha value is -1.26. The van der Waals surface area contributed by atoms with Crippen molar-refractivity contribution in [2.75, 3.05) is 19.6 Å². The highest BCUT2D eigenvalue weighted by molar-refractivity contribution is 4.92. The predicted octanol–water partition coefficient (Wildman–Crippen LogP) is -0.345. The van der Waals surface area contributed by atoms with Crippen LogP contribution >= 0.6 is 0 Å². The van der Waals surface area contributed by atoms with Crippen LogP contribution < -0.4 is 5.32 Å². The van der Waals surface area contributed by atoms with Gasteiger partial charge in [0.1, 0.15) is 0 Å². The maximum absolute atomic E-state index is 8.63. The molecule has 0 bridgehead atoms. The van der Waals surface area contributed by atoms with Gasteiger partial charge in [-0.3, -0.25) is 0 Å². The minimum atomic E-state index is 0.0822. The van der Waals surface area contributed by atoms with E-state index in [1.165, 1.54) is 0 Å². The van der Waals surface area contributed by atoms with Gasteiger partial charge in [0, 0.05) is 19.6 Å². The lowest BCUT2D eigenvalue weighted by atomic mass is 10.1. The molecule has 0 saturated carbocycles. The van der Waals surface area contributed by atoms with E-state index >= 15 is 0 Å². The molecule has 4 nitrogen and oxygen atoms in total. The van der Waals surface area contributed by atoms with E-state index in [1.54, 1.807) is 4.90 Å². The van der Waals surface area contributed by atoms with Gasteiger partial charge in [-0.1, -0.05) is 0 Å². The van der Waals surface area contributed by atoms with E-state index in [-0.39, 0.29) is 6.04 Å². The fraction of sp³-hybridized carbons (Fsp3) is 0.714. The summed E-state index contributed by atoms with van der Waals surface area (Å²) in [5.41, 5.74) is 0. The third-order valence-electron chi connectivity index (χ3n) is 1.81. The first-order chi connectivity index (χ1) is 5.38. The molecule has 1 saturated heterocycles. The molecule has 0 amide bonds. The topological polar surface area (TPSA) is 62.9 Å². The number of piperazine rings is 1. The van der Waals surface area contributed by atoms with Crippen LogP contribution in [0.25, 0.3) is 0 Å². The second-order valence-electron chi connectivity index (χ2n) is 2.51. The number of rotatable bonds is 1. The molecule has 1 heterocycles. The third-order valence-corrected chi connectivity index (χ3v) is 1.81. The normalized spacial score (nSPS) is 23.8. The Morgan fingerprint density at radius 3 is 3.00 bits per heavy atom. The summed E-state index contributed by atoms with van der Waals surface area (Å²) >= 11 is 0. The van der Waals surface area contributed by atoms with E-state index in [0.29, 0.717) is 6.42 Å². The zero-order chi connectivity index (χ0) is 8.10. The molecule has 4 heteroatoms. The van der Waals surface area contributed by atoms with Crippen molar-refractivity contribution in [1.29, 1.82) is 10.5 Å². The standard InChI is InChI=1S/C7H10N4/c8-2-1-7-5-10-3-4-11(7)6-9/h7,10H,1,3-5H2/t7-/m0/s1. The Kier molecular flexibility index (Phi) is 2.71. The third kappa shape index (κ3) is 1.83. The van der Waals surface area contributed by atoms with Crippen molar-refractivity contribution >= 4 is 0 Å². The van der Waals surface area contributed by atoms with Crippen molar-refractivity contribution in [1.82, 2.24) is 10.2 Å². The highest BCUT2D eigenvalue weighted by Gasteiger charge is 2.19. The lowest BCUT2D eigenvalue weighted by Gasteiger charge is -2.30. The lowest BCUT2D eigenvalue weighted by Crippen LogP contribution is -2.48. The van der Waals surface area contributed by atoms with Crippen LogP contribution in [-0.2, 0) is 0 Å². The number of nitrogens with one attached hydrogen (secondary N) is 1. The van der Waals surface area contributed by atoms with Gasteiger partial charge in [0.2, 0.25) is 0 Å². The van der Waals surface area contributed by atoms with Crippen LogP contribution in [0.15, 0.2) is 0 Å². The quantitative estimate of drug-likeness (QED) is 0.519. The zero-order valence-corrected chi connectivity index (χ0v) is 6.25. The summed E-state index contributed by atoms with van der Waals surface area (Å²) in [5, 5.41) is 20.2.